The van der Waals surface area contributed by atoms with Crippen molar-refractivity contribution in [2.45, 2.75) is 0 Å². The number of carbonyl (C=O) groups excluding carboxylic acids is 1. The van der Waals surface area contributed by atoms with Crippen molar-refractivity contribution in [3.63, 3.8) is 0 Å². The minimum atomic E-state index is -0.142. The standard InChI is InChI=1S/C19H22BrN9O2/c1-28(2)5-6-29(3)19(30)14-13(20)12-16(21-9-22-17(12)25-14)24-11-7-10-8-23-27-15(10)26-18(11)31-4/h7-9H,5-6H2,1-4H3,(H,23,26,27)(H2,21,22,24,25). The fraction of sp³-hybridized carbons (Fsp3) is 0.316. The molecule has 4 aromatic rings. The van der Waals surface area contributed by atoms with Gasteiger partial charge < -0.3 is 24.8 Å². The minimum Gasteiger partial charge on any atom is -0.479 e. The van der Waals surface area contributed by atoms with Gasteiger partial charge >= 0.3 is 0 Å². The first-order valence-electron chi connectivity index (χ1n) is 9.46. The number of hydrogen-bond acceptors (Lipinski definition) is 8. The molecule has 0 bridgehead atoms. The third-order valence-corrected chi connectivity index (χ3v) is 5.60. The molecule has 0 atom stereocenters. The summed E-state index contributed by atoms with van der Waals surface area (Å²) in [4.78, 5) is 32.8. The summed E-state index contributed by atoms with van der Waals surface area (Å²) in [6, 6.07) is 1.86. The summed E-state index contributed by atoms with van der Waals surface area (Å²) in [6.45, 7) is 1.36. The first-order valence-corrected chi connectivity index (χ1v) is 10.3. The van der Waals surface area contributed by atoms with E-state index in [1.165, 1.54) is 13.4 Å². The van der Waals surface area contributed by atoms with Crippen LogP contribution in [0, 0.1) is 0 Å². The zero-order valence-electron chi connectivity index (χ0n) is 17.5. The van der Waals surface area contributed by atoms with E-state index in [0.29, 0.717) is 50.8 Å². The Morgan fingerprint density at radius 3 is 2.77 bits per heavy atom. The van der Waals surface area contributed by atoms with Crippen LogP contribution in [0.3, 0.4) is 0 Å². The fourth-order valence-electron chi connectivity index (χ4n) is 3.11. The number of halogens is 1. The maximum atomic E-state index is 13.0. The number of methoxy groups -OCH3 is 1. The summed E-state index contributed by atoms with van der Waals surface area (Å²) >= 11 is 3.56. The van der Waals surface area contributed by atoms with Gasteiger partial charge in [0.2, 0.25) is 5.88 Å². The quantitative estimate of drug-likeness (QED) is 0.362. The van der Waals surface area contributed by atoms with Gasteiger partial charge in [-0.25, -0.2) is 9.97 Å². The van der Waals surface area contributed by atoms with Crippen molar-refractivity contribution >= 4 is 55.4 Å². The normalized spacial score (nSPS) is 11.4. The molecule has 4 rings (SSSR count). The number of aromatic nitrogens is 6. The van der Waals surface area contributed by atoms with Gasteiger partial charge in [-0.15, -0.1) is 0 Å². The predicted octanol–water partition coefficient (Wildman–Crippen LogP) is 2.38. The molecule has 0 saturated carbocycles. The van der Waals surface area contributed by atoms with Crippen LogP contribution in [0.25, 0.3) is 22.1 Å². The number of aromatic amines is 2. The summed E-state index contributed by atoms with van der Waals surface area (Å²) in [5.41, 5.74) is 2.17. The molecule has 0 radical (unpaired) electrons. The van der Waals surface area contributed by atoms with E-state index in [2.05, 4.69) is 51.4 Å². The van der Waals surface area contributed by atoms with Gasteiger partial charge in [0, 0.05) is 25.5 Å². The Morgan fingerprint density at radius 1 is 1.23 bits per heavy atom. The molecule has 0 aromatic carbocycles. The van der Waals surface area contributed by atoms with Crippen molar-refractivity contribution < 1.29 is 9.53 Å². The average Bonchev–Trinajstić information content (AvgIpc) is 3.35. The van der Waals surface area contributed by atoms with Gasteiger partial charge in [-0.05, 0) is 36.1 Å². The van der Waals surface area contributed by atoms with Crippen LogP contribution in [0.4, 0.5) is 11.5 Å². The molecule has 1 amide bonds. The molecule has 0 aliphatic heterocycles. The van der Waals surface area contributed by atoms with Crippen LogP contribution in [0.5, 0.6) is 5.88 Å². The summed E-state index contributed by atoms with van der Waals surface area (Å²) in [7, 11) is 7.24. The van der Waals surface area contributed by atoms with Crippen LogP contribution < -0.4 is 10.1 Å². The van der Waals surface area contributed by atoms with Crippen LogP contribution in [0.2, 0.25) is 0 Å². The topological polar surface area (TPSA) is 128 Å². The first kappa shape index (κ1) is 21.0. The molecule has 0 aliphatic carbocycles. The number of hydrogen-bond donors (Lipinski definition) is 3. The van der Waals surface area contributed by atoms with Crippen molar-refractivity contribution in [2.24, 2.45) is 0 Å². The molecule has 31 heavy (non-hydrogen) atoms. The van der Waals surface area contributed by atoms with Crippen LogP contribution in [0.1, 0.15) is 10.5 Å². The first-order chi connectivity index (χ1) is 14.9. The molecule has 0 unspecified atom stereocenters. The van der Waals surface area contributed by atoms with E-state index in [1.807, 2.05) is 25.1 Å². The highest BCUT2D eigenvalue weighted by molar-refractivity contribution is 9.10. The van der Waals surface area contributed by atoms with Gasteiger partial charge in [-0.3, -0.25) is 9.89 Å². The summed E-state index contributed by atoms with van der Waals surface area (Å²) in [6.07, 6.45) is 3.10. The number of amides is 1. The Morgan fingerprint density at radius 2 is 2.03 bits per heavy atom. The SMILES string of the molecule is COc1nc2[nH]ncc2cc1Nc1ncnc2[nH]c(C(=O)N(C)CCN(C)C)c(Br)c12. The molecule has 0 aliphatic rings. The van der Waals surface area contributed by atoms with E-state index in [9.17, 15) is 4.79 Å². The number of likely N-dealkylation sites (N-methyl/N-ethyl adjacent to an activating group) is 2. The second kappa shape index (κ2) is 8.47. The molecule has 162 valence electrons. The molecule has 12 heteroatoms. The molecule has 4 aromatic heterocycles. The van der Waals surface area contributed by atoms with E-state index in [1.54, 1.807) is 18.1 Å². The Labute approximate surface area is 186 Å². The average molecular weight is 488 g/mol. The molecule has 0 fully saturated rings. The zero-order chi connectivity index (χ0) is 22.1. The van der Waals surface area contributed by atoms with Crippen molar-refractivity contribution in [1.82, 2.24) is 39.9 Å². The number of anilines is 2. The summed E-state index contributed by atoms with van der Waals surface area (Å²) in [5.74, 6) is 0.748. The number of carbonyl (C=O) groups is 1. The molecule has 3 N–H and O–H groups in total. The van der Waals surface area contributed by atoms with Crippen LogP contribution in [-0.4, -0.2) is 87.2 Å². The van der Waals surface area contributed by atoms with Gasteiger partial charge in [0.1, 0.15) is 29.2 Å². The molecule has 11 nitrogen and oxygen atoms in total. The molecule has 4 heterocycles. The lowest BCUT2D eigenvalue weighted by molar-refractivity contribution is 0.0780. The summed E-state index contributed by atoms with van der Waals surface area (Å²) < 4.78 is 6.00. The van der Waals surface area contributed by atoms with Crippen molar-refractivity contribution in [2.75, 3.05) is 46.7 Å². The number of rotatable bonds is 7. The van der Waals surface area contributed by atoms with Gasteiger partial charge in [0.05, 0.1) is 23.2 Å². The van der Waals surface area contributed by atoms with Gasteiger partial charge in [0.15, 0.2) is 5.65 Å². The number of nitrogens with one attached hydrogen (secondary N) is 3. The smallest absolute Gasteiger partial charge is 0.271 e. The maximum Gasteiger partial charge on any atom is 0.271 e. The van der Waals surface area contributed by atoms with Crippen molar-refractivity contribution in [3.8, 4) is 5.88 Å². The van der Waals surface area contributed by atoms with E-state index in [4.69, 9.17) is 4.74 Å². The lowest BCUT2D eigenvalue weighted by Crippen LogP contribution is -2.33. The Kier molecular flexibility index (Phi) is 5.74. The van der Waals surface area contributed by atoms with Gasteiger partial charge in [0.25, 0.3) is 5.91 Å². The third-order valence-electron chi connectivity index (χ3n) is 4.81. The Balaban J connectivity index is 1.71. The minimum absolute atomic E-state index is 0.142. The lowest BCUT2D eigenvalue weighted by atomic mass is 10.3. The van der Waals surface area contributed by atoms with Crippen LogP contribution in [-0.2, 0) is 0 Å². The number of fused-ring (bicyclic) bond motifs is 2. The van der Waals surface area contributed by atoms with E-state index in [-0.39, 0.29) is 5.91 Å². The van der Waals surface area contributed by atoms with Crippen LogP contribution in [0.15, 0.2) is 23.1 Å². The second-order valence-electron chi connectivity index (χ2n) is 7.27. The van der Waals surface area contributed by atoms with Gasteiger partial charge in [-0.2, -0.15) is 10.1 Å². The van der Waals surface area contributed by atoms with Crippen LogP contribution >= 0.6 is 15.9 Å². The number of nitrogens with zero attached hydrogens (tertiary/aromatic N) is 6. The maximum absolute atomic E-state index is 13.0. The number of ether oxygens (including phenoxy) is 1. The number of H-pyrrole nitrogens is 2. The molecule has 0 spiro atoms. The van der Waals surface area contributed by atoms with Gasteiger partial charge in [-0.1, -0.05) is 0 Å². The highest BCUT2D eigenvalue weighted by Gasteiger charge is 2.23. The Bertz CT molecular complexity index is 1250. The highest BCUT2D eigenvalue weighted by Crippen LogP contribution is 2.35. The van der Waals surface area contributed by atoms with E-state index < -0.39 is 0 Å². The number of pyridine rings is 1. The Hall–Kier alpha value is -3.25. The zero-order valence-corrected chi connectivity index (χ0v) is 19.1. The van der Waals surface area contributed by atoms with E-state index >= 15 is 0 Å². The third kappa shape index (κ3) is 4.03. The molecular weight excluding hydrogens is 466 g/mol. The molecule has 0 saturated heterocycles. The predicted molar refractivity (Wildman–Crippen MR) is 121 cm³/mol. The monoisotopic (exact) mass is 487 g/mol. The molecular formula is C19H22BrN9O2. The summed E-state index contributed by atoms with van der Waals surface area (Å²) in [5, 5.41) is 11.5. The largest absolute Gasteiger partial charge is 0.479 e. The van der Waals surface area contributed by atoms with E-state index in [0.717, 1.165) is 11.9 Å². The lowest BCUT2D eigenvalue weighted by Gasteiger charge is -2.19. The fourth-order valence-corrected chi connectivity index (χ4v) is 3.75. The second-order valence-corrected chi connectivity index (χ2v) is 8.06. The van der Waals surface area contributed by atoms with Crippen molar-refractivity contribution in [3.05, 3.63) is 28.8 Å². The highest BCUT2D eigenvalue weighted by atomic mass is 79.9. The van der Waals surface area contributed by atoms with Crippen molar-refractivity contribution in [1.29, 1.82) is 0 Å².